The van der Waals surface area contributed by atoms with Gasteiger partial charge in [0, 0.05) is 30.4 Å². The predicted octanol–water partition coefficient (Wildman–Crippen LogP) is 1.26. The van der Waals surface area contributed by atoms with E-state index < -0.39 is 0 Å². The van der Waals surface area contributed by atoms with Crippen LogP contribution in [0.3, 0.4) is 0 Å². The third-order valence-electron chi connectivity index (χ3n) is 1.69. The first-order valence-corrected chi connectivity index (χ1v) is 3.87. The van der Waals surface area contributed by atoms with Gasteiger partial charge in [-0.15, -0.1) is 0 Å². The van der Waals surface area contributed by atoms with E-state index in [9.17, 15) is 0 Å². The Kier molecular flexibility index (Phi) is 1.88. The first kappa shape index (κ1) is 7.67. The third-order valence-corrected chi connectivity index (χ3v) is 1.69. The summed E-state index contributed by atoms with van der Waals surface area (Å²) in [7, 11) is 0. The van der Waals surface area contributed by atoms with Crippen molar-refractivity contribution >= 4 is 6.21 Å². The summed E-state index contributed by atoms with van der Waals surface area (Å²) in [5, 5.41) is 11.2. The van der Waals surface area contributed by atoms with E-state index in [2.05, 4.69) is 10.1 Å². The van der Waals surface area contributed by atoms with Crippen LogP contribution in [-0.2, 0) is 0 Å². The Balaban J connectivity index is 2.57. The number of pyridine rings is 1. The molecule has 2 heterocycles. The van der Waals surface area contributed by atoms with Crippen LogP contribution in [0.25, 0.3) is 5.82 Å². The van der Waals surface area contributed by atoms with Crippen molar-refractivity contribution in [2.24, 2.45) is 0 Å². The highest BCUT2D eigenvalue weighted by atomic mass is 15.3. The standard InChI is InChI=1S/C9H8N4/c10-7-8-3-1-4-11-9(8)13-6-2-5-12-13/h1-7,10H. The predicted molar refractivity (Wildman–Crippen MR) is 49.2 cm³/mol. The molecule has 13 heavy (non-hydrogen) atoms. The summed E-state index contributed by atoms with van der Waals surface area (Å²) in [4.78, 5) is 4.14. The Bertz CT molecular complexity index is 405. The van der Waals surface area contributed by atoms with Crippen LogP contribution in [0, 0.1) is 5.41 Å². The van der Waals surface area contributed by atoms with Crippen molar-refractivity contribution < 1.29 is 0 Å². The molecule has 0 aliphatic heterocycles. The average Bonchev–Trinajstić information content (AvgIpc) is 2.70. The summed E-state index contributed by atoms with van der Waals surface area (Å²) >= 11 is 0. The molecule has 0 atom stereocenters. The fourth-order valence-electron chi connectivity index (χ4n) is 1.11. The van der Waals surface area contributed by atoms with Crippen molar-refractivity contribution in [2.75, 3.05) is 0 Å². The zero-order valence-electron chi connectivity index (χ0n) is 6.88. The molecule has 0 amide bonds. The van der Waals surface area contributed by atoms with Crippen LogP contribution in [-0.4, -0.2) is 21.0 Å². The number of nitrogens with one attached hydrogen (secondary N) is 1. The number of hydrogen-bond donors (Lipinski definition) is 1. The molecule has 0 unspecified atom stereocenters. The van der Waals surface area contributed by atoms with E-state index in [1.165, 1.54) is 6.21 Å². The van der Waals surface area contributed by atoms with Crippen LogP contribution in [0.2, 0.25) is 0 Å². The first-order valence-electron chi connectivity index (χ1n) is 3.87. The van der Waals surface area contributed by atoms with E-state index in [0.29, 0.717) is 5.82 Å². The molecule has 0 bridgehead atoms. The quantitative estimate of drug-likeness (QED) is 0.693. The molecular formula is C9H8N4. The summed E-state index contributed by atoms with van der Waals surface area (Å²) in [6.45, 7) is 0. The molecule has 0 aliphatic carbocycles. The molecule has 0 saturated carbocycles. The van der Waals surface area contributed by atoms with Gasteiger partial charge in [0.2, 0.25) is 0 Å². The average molecular weight is 172 g/mol. The van der Waals surface area contributed by atoms with Gasteiger partial charge in [-0.1, -0.05) is 0 Å². The van der Waals surface area contributed by atoms with E-state index in [4.69, 9.17) is 5.41 Å². The highest BCUT2D eigenvalue weighted by Gasteiger charge is 2.01. The van der Waals surface area contributed by atoms with Crippen molar-refractivity contribution in [3.8, 4) is 5.82 Å². The molecular weight excluding hydrogens is 164 g/mol. The number of aromatic nitrogens is 3. The van der Waals surface area contributed by atoms with Gasteiger partial charge in [-0.25, -0.2) is 9.67 Å². The van der Waals surface area contributed by atoms with Crippen LogP contribution in [0.4, 0.5) is 0 Å². The molecule has 0 fully saturated rings. The minimum atomic E-state index is 0.683. The van der Waals surface area contributed by atoms with Gasteiger partial charge in [0.25, 0.3) is 0 Å². The molecule has 4 nitrogen and oxygen atoms in total. The van der Waals surface area contributed by atoms with Crippen molar-refractivity contribution in [3.05, 3.63) is 42.4 Å². The van der Waals surface area contributed by atoms with Crippen molar-refractivity contribution in [3.63, 3.8) is 0 Å². The highest BCUT2D eigenvalue weighted by Crippen LogP contribution is 2.06. The molecule has 0 saturated heterocycles. The maximum Gasteiger partial charge on any atom is 0.162 e. The Morgan fingerprint density at radius 3 is 2.92 bits per heavy atom. The topological polar surface area (TPSA) is 54.6 Å². The normalized spacial score (nSPS) is 9.85. The maximum atomic E-state index is 7.18. The smallest absolute Gasteiger partial charge is 0.162 e. The lowest BCUT2D eigenvalue weighted by atomic mass is 10.3. The fraction of sp³-hybridized carbons (Fsp3) is 0. The zero-order valence-corrected chi connectivity index (χ0v) is 6.88. The van der Waals surface area contributed by atoms with Crippen LogP contribution in [0.5, 0.6) is 0 Å². The van der Waals surface area contributed by atoms with Gasteiger partial charge >= 0.3 is 0 Å². The van der Waals surface area contributed by atoms with E-state index in [-0.39, 0.29) is 0 Å². The number of hydrogen-bond acceptors (Lipinski definition) is 3. The van der Waals surface area contributed by atoms with Gasteiger partial charge in [-0.3, -0.25) is 0 Å². The Morgan fingerprint density at radius 1 is 1.31 bits per heavy atom. The van der Waals surface area contributed by atoms with Gasteiger partial charge in [0.05, 0.1) is 0 Å². The molecule has 2 aromatic rings. The zero-order chi connectivity index (χ0) is 9.10. The first-order chi connectivity index (χ1) is 6.42. The van der Waals surface area contributed by atoms with Crippen LogP contribution >= 0.6 is 0 Å². The summed E-state index contributed by atoms with van der Waals surface area (Å²) < 4.78 is 1.64. The van der Waals surface area contributed by atoms with Crippen molar-refractivity contribution in [1.29, 1.82) is 5.41 Å². The summed E-state index contributed by atoms with van der Waals surface area (Å²) in [5.41, 5.74) is 0.756. The second-order valence-corrected chi connectivity index (χ2v) is 2.51. The molecule has 4 heteroatoms. The largest absolute Gasteiger partial charge is 0.308 e. The molecule has 0 aromatic carbocycles. The molecule has 0 aliphatic rings. The monoisotopic (exact) mass is 172 g/mol. The van der Waals surface area contributed by atoms with E-state index in [1.807, 2.05) is 12.1 Å². The lowest BCUT2D eigenvalue weighted by Gasteiger charge is -2.02. The minimum Gasteiger partial charge on any atom is -0.308 e. The molecule has 0 spiro atoms. The van der Waals surface area contributed by atoms with Crippen LogP contribution in [0.1, 0.15) is 5.56 Å². The lowest BCUT2D eigenvalue weighted by molar-refractivity contribution is 0.845. The van der Waals surface area contributed by atoms with Crippen molar-refractivity contribution in [2.45, 2.75) is 0 Å². The highest BCUT2D eigenvalue weighted by molar-refractivity contribution is 5.81. The lowest BCUT2D eigenvalue weighted by Crippen LogP contribution is -2.01. The van der Waals surface area contributed by atoms with Crippen LogP contribution in [0.15, 0.2) is 36.8 Å². The van der Waals surface area contributed by atoms with Crippen LogP contribution < -0.4 is 0 Å². The van der Waals surface area contributed by atoms with Gasteiger partial charge in [-0.05, 0) is 18.2 Å². The van der Waals surface area contributed by atoms with Gasteiger partial charge in [-0.2, -0.15) is 5.10 Å². The van der Waals surface area contributed by atoms with E-state index in [1.54, 1.807) is 29.3 Å². The van der Waals surface area contributed by atoms with Crippen molar-refractivity contribution in [1.82, 2.24) is 14.8 Å². The summed E-state index contributed by atoms with van der Waals surface area (Å²) in [5.74, 6) is 0.683. The SMILES string of the molecule is N=Cc1cccnc1-n1cccn1. The second-order valence-electron chi connectivity index (χ2n) is 2.51. The third kappa shape index (κ3) is 1.33. The Morgan fingerprint density at radius 2 is 2.23 bits per heavy atom. The summed E-state index contributed by atoms with van der Waals surface area (Å²) in [6.07, 6.45) is 6.44. The summed E-state index contributed by atoms with van der Waals surface area (Å²) in [6, 6.07) is 5.45. The molecule has 0 radical (unpaired) electrons. The van der Waals surface area contributed by atoms with E-state index in [0.717, 1.165) is 5.56 Å². The number of nitrogens with zero attached hydrogens (tertiary/aromatic N) is 3. The van der Waals surface area contributed by atoms with Gasteiger partial charge in [0.15, 0.2) is 5.82 Å². The van der Waals surface area contributed by atoms with Gasteiger partial charge < -0.3 is 5.41 Å². The second kappa shape index (κ2) is 3.18. The molecule has 1 N–H and O–H groups in total. The maximum absolute atomic E-state index is 7.18. The molecule has 2 aromatic heterocycles. The Hall–Kier alpha value is -1.97. The minimum absolute atomic E-state index is 0.683. The molecule has 2 rings (SSSR count). The Labute approximate surface area is 75.4 Å². The molecule has 64 valence electrons. The van der Waals surface area contributed by atoms with E-state index >= 15 is 0 Å². The van der Waals surface area contributed by atoms with Gasteiger partial charge in [0.1, 0.15) is 0 Å². The fourth-order valence-corrected chi connectivity index (χ4v) is 1.11. The number of rotatable bonds is 2.